The van der Waals surface area contributed by atoms with Gasteiger partial charge in [0.25, 0.3) is 0 Å². The van der Waals surface area contributed by atoms with Gasteiger partial charge in [-0.2, -0.15) is 5.10 Å². The second kappa shape index (κ2) is 2.49. The first-order valence-electron chi connectivity index (χ1n) is 4.36. The zero-order valence-corrected chi connectivity index (χ0v) is 8.15. The molecule has 0 unspecified atom stereocenters. The molecule has 3 heteroatoms. The van der Waals surface area contributed by atoms with E-state index in [4.69, 9.17) is 11.6 Å². The van der Waals surface area contributed by atoms with Crippen LogP contribution in [0.4, 0.5) is 0 Å². The molecule has 12 heavy (non-hydrogen) atoms. The Labute approximate surface area is 77.3 Å². The van der Waals surface area contributed by atoms with Crippen LogP contribution in [0.2, 0.25) is 5.15 Å². The van der Waals surface area contributed by atoms with Crippen LogP contribution in [0.3, 0.4) is 0 Å². The van der Waals surface area contributed by atoms with Crippen LogP contribution in [0, 0.1) is 5.92 Å². The number of rotatable bonds is 2. The van der Waals surface area contributed by atoms with E-state index in [1.807, 2.05) is 6.20 Å². The molecule has 1 aliphatic carbocycles. The van der Waals surface area contributed by atoms with Crippen molar-refractivity contribution >= 4 is 11.6 Å². The highest BCUT2D eigenvalue weighted by molar-refractivity contribution is 6.30. The molecule has 0 radical (unpaired) electrons. The van der Waals surface area contributed by atoms with Crippen molar-refractivity contribution in [1.82, 2.24) is 10.2 Å². The number of nitrogens with zero attached hydrogens (tertiary/aromatic N) is 1. The van der Waals surface area contributed by atoms with E-state index in [1.54, 1.807) is 0 Å². The van der Waals surface area contributed by atoms with E-state index >= 15 is 0 Å². The van der Waals surface area contributed by atoms with Gasteiger partial charge in [0.2, 0.25) is 0 Å². The highest BCUT2D eigenvalue weighted by Gasteiger charge is 2.48. The molecule has 2 nitrogen and oxygen atoms in total. The van der Waals surface area contributed by atoms with Crippen molar-refractivity contribution in [2.45, 2.75) is 32.1 Å². The molecule has 1 saturated carbocycles. The molecule has 1 N–H and O–H groups in total. The van der Waals surface area contributed by atoms with Crippen LogP contribution in [0.25, 0.3) is 0 Å². The van der Waals surface area contributed by atoms with Gasteiger partial charge >= 0.3 is 0 Å². The normalized spacial score (nSPS) is 20.0. The van der Waals surface area contributed by atoms with Gasteiger partial charge in [-0.3, -0.25) is 5.10 Å². The van der Waals surface area contributed by atoms with Gasteiger partial charge in [0.05, 0.1) is 6.20 Å². The summed E-state index contributed by atoms with van der Waals surface area (Å²) < 4.78 is 0. The molecular formula is C9H13ClN2. The lowest BCUT2D eigenvalue weighted by Crippen LogP contribution is -2.14. The average molecular weight is 185 g/mol. The maximum Gasteiger partial charge on any atom is 0.127 e. The van der Waals surface area contributed by atoms with E-state index in [1.165, 1.54) is 18.4 Å². The Morgan fingerprint density at radius 3 is 2.58 bits per heavy atom. The molecule has 0 aliphatic heterocycles. The van der Waals surface area contributed by atoms with E-state index < -0.39 is 0 Å². The van der Waals surface area contributed by atoms with Crippen molar-refractivity contribution < 1.29 is 0 Å². The second-order valence-electron chi connectivity index (χ2n) is 3.91. The van der Waals surface area contributed by atoms with Gasteiger partial charge in [0, 0.05) is 11.0 Å². The van der Waals surface area contributed by atoms with Crippen molar-refractivity contribution in [2.75, 3.05) is 0 Å². The Balaban J connectivity index is 2.36. The monoisotopic (exact) mass is 184 g/mol. The average Bonchev–Trinajstić information content (AvgIpc) is 2.71. The molecular weight excluding hydrogens is 172 g/mol. The predicted molar refractivity (Wildman–Crippen MR) is 49.3 cm³/mol. The molecule has 0 saturated heterocycles. The fourth-order valence-electron chi connectivity index (χ4n) is 1.91. The molecule has 0 amide bonds. The van der Waals surface area contributed by atoms with Crippen molar-refractivity contribution in [3.63, 3.8) is 0 Å². The first-order valence-corrected chi connectivity index (χ1v) is 4.74. The summed E-state index contributed by atoms with van der Waals surface area (Å²) in [6.45, 7) is 4.49. The molecule has 0 spiro atoms. The minimum absolute atomic E-state index is 0.337. The fourth-order valence-corrected chi connectivity index (χ4v) is 2.20. The number of nitrogens with one attached hydrogen (secondary N) is 1. The highest BCUT2D eigenvalue weighted by Crippen LogP contribution is 2.55. The molecule has 0 aromatic carbocycles. The largest absolute Gasteiger partial charge is 0.267 e. The van der Waals surface area contributed by atoms with Crippen molar-refractivity contribution in [2.24, 2.45) is 5.92 Å². The summed E-state index contributed by atoms with van der Waals surface area (Å²) in [4.78, 5) is 0. The number of H-pyrrole nitrogens is 1. The van der Waals surface area contributed by atoms with Crippen LogP contribution in [-0.2, 0) is 5.41 Å². The zero-order chi connectivity index (χ0) is 8.77. The summed E-state index contributed by atoms with van der Waals surface area (Å²) >= 11 is 5.99. The number of aromatic amines is 1. The quantitative estimate of drug-likeness (QED) is 0.753. The smallest absolute Gasteiger partial charge is 0.127 e. The van der Waals surface area contributed by atoms with E-state index in [9.17, 15) is 0 Å². The van der Waals surface area contributed by atoms with Crippen LogP contribution in [0.5, 0.6) is 0 Å². The maximum atomic E-state index is 5.99. The lowest BCUT2D eigenvalue weighted by molar-refractivity contribution is 0.481. The van der Waals surface area contributed by atoms with Gasteiger partial charge < -0.3 is 0 Å². The summed E-state index contributed by atoms with van der Waals surface area (Å²) in [7, 11) is 0. The van der Waals surface area contributed by atoms with Crippen LogP contribution in [0.1, 0.15) is 32.3 Å². The van der Waals surface area contributed by atoms with Crippen LogP contribution < -0.4 is 0 Å². The fraction of sp³-hybridized carbons (Fsp3) is 0.667. The summed E-state index contributed by atoms with van der Waals surface area (Å²) in [5.74, 6) is 0.660. The summed E-state index contributed by atoms with van der Waals surface area (Å²) in [6, 6.07) is 0. The van der Waals surface area contributed by atoms with Crippen molar-refractivity contribution in [1.29, 1.82) is 0 Å². The van der Waals surface area contributed by atoms with E-state index in [2.05, 4.69) is 24.0 Å². The Bertz CT molecular complexity index is 286. The lowest BCUT2D eigenvalue weighted by atomic mass is 9.87. The first kappa shape index (κ1) is 8.11. The lowest BCUT2D eigenvalue weighted by Gasteiger charge is -2.17. The van der Waals surface area contributed by atoms with Crippen molar-refractivity contribution in [3.05, 3.63) is 16.9 Å². The first-order chi connectivity index (χ1) is 5.67. The van der Waals surface area contributed by atoms with Gasteiger partial charge in [-0.25, -0.2) is 0 Å². The third-order valence-corrected chi connectivity index (χ3v) is 3.31. The van der Waals surface area contributed by atoms with Gasteiger partial charge in [0.15, 0.2) is 0 Å². The number of hydrogen-bond acceptors (Lipinski definition) is 1. The van der Waals surface area contributed by atoms with E-state index in [-0.39, 0.29) is 0 Å². The molecule has 2 rings (SSSR count). The minimum atomic E-state index is 0.337. The molecule has 1 aromatic rings. The van der Waals surface area contributed by atoms with E-state index in [0.29, 0.717) is 11.3 Å². The standard InChI is InChI=1S/C9H13ClN2/c1-6(2)9(3-4-9)7-5-11-12-8(7)10/h5-6H,3-4H2,1-2H3,(H,11,12). The van der Waals surface area contributed by atoms with Gasteiger partial charge in [0.1, 0.15) is 5.15 Å². The second-order valence-corrected chi connectivity index (χ2v) is 4.29. The number of aromatic nitrogens is 2. The van der Waals surface area contributed by atoms with Crippen LogP contribution >= 0.6 is 11.6 Å². The predicted octanol–water partition coefficient (Wildman–Crippen LogP) is 2.75. The van der Waals surface area contributed by atoms with Crippen molar-refractivity contribution in [3.8, 4) is 0 Å². The molecule has 0 atom stereocenters. The Kier molecular flexibility index (Phi) is 1.69. The van der Waals surface area contributed by atoms with E-state index in [0.717, 1.165) is 5.15 Å². The van der Waals surface area contributed by atoms with Crippen LogP contribution in [0.15, 0.2) is 6.20 Å². The third-order valence-electron chi connectivity index (χ3n) is 3.02. The summed E-state index contributed by atoms with van der Waals surface area (Å²) in [6.07, 6.45) is 4.38. The Morgan fingerprint density at radius 1 is 1.58 bits per heavy atom. The number of hydrogen-bond donors (Lipinski definition) is 1. The van der Waals surface area contributed by atoms with Gasteiger partial charge in [-0.15, -0.1) is 0 Å². The Morgan fingerprint density at radius 2 is 2.25 bits per heavy atom. The summed E-state index contributed by atoms with van der Waals surface area (Å²) in [5.41, 5.74) is 1.54. The highest BCUT2D eigenvalue weighted by atomic mass is 35.5. The van der Waals surface area contributed by atoms with Gasteiger partial charge in [-0.05, 0) is 18.8 Å². The molecule has 0 bridgehead atoms. The molecule has 1 aromatic heterocycles. The van der Waals surface area contributed by atoms with Crippen LogP contribution in [-0.4, -0.2) is 10.2 Å². The Hall–Kier alpha value is -0.500. The van der Waals surface area contributed by atoms with Gasteiger partial charge in [-0.1, -0.05) is 25.4 Å². The minimum Gasteiger partial charge on any atom is -0.267 e. The molecule has 1 fully saturated rings. The summed E-state index contributed by atoms with van der Waals surface area (Å²) in [5, 5.41) is 7.46. The molecule has 66 valence electrons. The SMILES string of the molecule is CC(C)C1(c2cn[nH]c2Cl)CC1. The third kappa shape index (κ3) is 0.977. The maximum absolute atomic E-state index is 5.99. The molecule has 1 heterocycles. The topological polar surface area (TPSA) is 28.7 Å². The zero-order valence-electron chi connectivity index (χ0n) is 7.39. The molecule has 1 aliphatic rings. The number of halogens is 1.